The highest BCUT2D eigenvalue weighted by molar-refractivity contribution is 5.80. The van der Waals surface area contributed by atoms with E-state index in [0.29, 0.717) is 17.0 Å². The van der Waals surface area contributed by atoms with E-state index in [1.165, 1.54) is 6.33 Å². The normalized spacial score (nSPS) is 10.4. The summed E-state index contributed by atoms with van der Waals surface area (Å²) < 4.78 is 0. The van der Waals surface area contributed by atoms with Crippen LogP contribution in [0.4, 0.5) is 5.82 Å². The van der Waals surface area contributed by atoms with E-state index < -0.39 is 0 Å². The summed E-state index contributed by atoms with van der Waals surface area (Å²) in [5.41, 5.74) is 6.64. The number of nitrogen functional groups attached to an aromatic ring is 1. The number of aromatic nitrogens is 4. The molecule has 2 aromatic rings. The van der Waals surface area contributed by atoms with Crippen molar-refractivity contribution in [3.8, 4) is 0 Å². The van der Waals surface area contributed by atoms with E-state index in [0.717, 1.165) is 0 Å². The van der Waals surface area contributed by atoms with E-state index >= 15 is 0 Å². The van der Waals surface area contributed by atoms with Gasteiger partial charge in [0.1, 0.15) is 6.33 Å². The zero-order valence-electron chi connectivity index (χ0n) is 5.00. The van der Waals surface area contributed by atoms with Gasteiger partial charge in [-0.05, 0) is 0 Å². The number of fused-ring (bicyclic) bond motifs is 1. The van der Waals surface area contributed by atoms with Crippen LogP contribution in [0.2, 0.25) is 0 Å². The molecule has 0 aliphatic carbocycles. The molecule has 0 saturated heterocycles. The number of hydrogen-bond acceptors (Lipinski definition) is 4. The molecule has 0 atom stereocenters. The van der Waals surface area contributed by atoms with E-state index in [1.54, 1.807) is 0 Å². The van der Waals surface area contributed by atoms with Gasteiger partial charge in [-0.2, -0.15) is 0 Å². The Kier molecular flexibility index (Phi) is 0.858. The highest BCUT2D eigenvalue weighted by atomic mass is 15.0. The summed E-state index contributed by atoms with van der Waals surface area (Å²) in [4.78, 5) is 14.1. The molecule has 3 N–H and O–H groups in total. The smallest absolute Gasteiger partial charge is 0.176 e. The monoisotopic (exact) mass is 134 g/mol. The molecule has 0 amide bonds. The van der Waals surface area contributed by atoms with Crippen molar-refractivity contribution >= 4 is 17.0 Å². The Bertz CT molecular complexity index is 352. The molecule has 0 spiro atoms. The SMILES string of the molecule is Nc1ncnc2[nH][c]nc12. The van der Waals surface area contributed by atoms with Crippen molar-refractivity contribution in [1.29, 1.82) is 0 Å². The predicted octanol–water partition coefficient (Wildman–Crippen LogP) is -0.265. The van der Waals surface area contributed by atoms with Gasteiger partial charge in [0.05, 0.1) is 0 Å². The second-order valence-electron chi connectivity index (χ2n) is 1.80. The van der Waals surface area contributed by atoms with Gasteiger partial charge in [0.25, 0.3) is 0 Å². The number of nitrogens with two attached hydrogens (primary N) is 1. The van der Waals surface area contributed by atoms with Crippen molar-refractivity contribution in [2.75, 3.05) is 5.73 Å². The van der Waals surface area contributed by atoms with Crippen LogP contribution in [0.5, 0.6) is 0 Å². The fourth-order valence-corrected chi connectivity index (χ4v) is 0.731. The van der Waals surface area contributed by atoms with Gasteiger partial charge in [-0.1, -0.05) is 0 Å². The molecule has 0 bridgehead atoms. The molecular formula is C5H4N5. The van der Waals surface area contributed by atoms with Crippen LogP contribution in [-0.2, 0) is 0 Å². The van der Waals surface area contributed by atoms with E-state index in [1.807, 2.05) is 0 Å². The molecule has 0 aliphatic heterocycles. The Labute approximate surface area is 56.3 Å². The summed E-state index contributed by atoms with van der Waals surface area (Å²) in [6.07, 6.45) is 3.90. The fraction of sp³-hybridized carbons (Fsp3) is 0. The van der Waals surface area contributed by atoms with Gasteiger partial charge < -0.3 is 10.7 Å². The molecule has 0 saturated carbocycles. The Hall–Kier alpha value is -1.65. The summed E-state index contributed by atoms with van der Waals surface area (Å²) >= 11 is 0. The lowest BCUT2D eigenvalue weighted by Crippen LogP contribution is -1.91. The van der Waals surface area contributed by atoms with Crippen molar-refractivity contribution in [1.82, 2.24) is 19.9 Å². The van der Waals surface area contributed by atoms with Crippen molar-refractivity contribution in [3.05, 3.63) is 12.7 Å². The molecule has 5 nitrogen and oxygen atoms in total. The van der Waals surface area contributed by atoms with Crippen LogP contribution in [0, 0.1) is 6.33 Å². The third-order valence-electron chi connectivity index (χ3n) is 1.19. The second kappa shape index (κ2) is 1.66. The number of aromatic amines is 1. The zero-order chi connectivity index (χ0) is 6.97. The molecule has 49 valence electrons. The first-order valence-corrected chi connectivity index (χ1v) is 2.70. The Morgan fingerprint density at radius 1 is 1.50 bits per heavy atom. The van der Waals surface area contributed by atoms with E-state index in [-0.39, 0.29) is 0 Å². The van der Waals surface area contributed by atoms with E-state index in [2.05, 4.69) is 26.3 Å². The van der Waals surface area contributed by atoms with Crippen LogP contribution in [-0.4, -0.2) is 19.9 Å². The van der Waals surface area contributed by atoms with Crippen LogP contribution in [0.15, 0.2) is 6.33 Å². The summed E-state index contributed by atoms with van der Waals surface area (Å²) in [7, 11) is 0. The molecule has 2 heterocycles. The van der Waals surface area contributed by atoms with Crippen LogP contribution in [0.25, 0.3) is 11.2 Å². The molecule has 0 unspecified atom stereocenters. The molecule has 2 rings (SSSR count). The first-order chi connectivity index (χ1) is 4.88. The third-order valence-corrected chi connectivity index (χ3v) is 1.19. The van der Waals surface area contributed by atoms with Crippen molar-refractivity contribution in [3.63, 3.8) is 0 Å². The number of nitrogens with one attached hydrogen (secondary N) is 1. The maximum Gasteiger partial charge on any atom is 0.176 e. The van der Waals surface area contributed by atoms with E-state index in [9.17, 15) is 0 Å². The van der Waals surface area contributed by atoms with Crippen LogP contribution in [0.3, 0.4) is 0 Å². The quantitative estimate of drug-likeness (QED) is 0.520. The van der Waals surface area contributed by atoms with Crippen molar-refractivity contribution in [2.45, 2.75) is 0 Å². The van der Waals surface area contributed by atoms with Crippen LogP contribution >= 0.6 is 0 Å². The van der Waals surface area contributed by atoms with Gasteiger partial charge >= 0.3 is 0 Å². The molecule has 0 fully saturated rings. The molecule has 0 aliphatic rings. The van der Waals surface area contributed by atoms with Gasteiger partial charge in [0.15, 0.2) is 23.3 Å². The summed E-state index contributed by atoms with van der Waals surface area (Å²) in [5, 5.41) is 0. The molecule has 1 radical (unpaired) electrons. The van der Waals surface area contributed by atoms with Crippen LogP contribution < -0.4 is 5.73 Å². The lowest BCUT2D eigenvalue weighted by atomic mass is 10.5. The van der Waals surface area contributed by atoms with Crippen molar-refractivity contribution < 1.29 is 0 Å². The van der Waals surface area contributed by atoms with Gasteiger partial charge in [-0.25, -0.2) is 15.0 Å². The van der Waals surface area contributed by atoms with Gasteiger partial charge in [0, 0.05) is 0 Å². The average molecular weight is 134 g/mol. The maximum atomic E-state index is 5.45. The average Bonchev–Trinajstić information content (AvgIpc) is 2.36. The number of imidazole rings is 1. The third kappa shape index (κ3) is 0.540. The van der Waals surface area contributed by atoms with Gasteiger partial charge in [-0.3, -0.25) is 0 Å². The molecule has 2 aromatic heterocycles. The first kappa shape index (κ1) is 5.16. The maximum absolute atomic E-state index is 5.45. The number of hydrogen-bond donors (Lipinski definition) is 2. The van der Waals surface area contributed by atoms with Crippen molar-refractivity contribution in [2.24, 2.45) is 0 Å². The number of anilines is 1. The molecular weight excluding hydrogens is 130 g/mol. The topological polar surface area (TPSA) is 80.5 Å². The summed E-state index contributed by atoms with van der Waals surface area (Å²) in [6.45, 7) is 0. The number of H-pyrrole nitrogens is 1. The predicted molar refractivity (Wildman–Crippen MR) is 34.9 cm³/mol. The Morgan fingerprint density at radius 2 is 2.40 bits per heavy atom. The molecule has 10 heavy (non-hydrogen) atoms. The number of rotatable bonds is 0. The van der Waals surface area contributed by atoms with Gasteiger partial charge in [-0.15, -0.1) is 0 Å². The first-order valence-electron chi connectivity index (χ1n) is 2.70. The van der Waals surface area contributed by atoms with E-state index in [4.69, 9.17) is 5.73 Å². The fourth-order valence-electron chi connectivity index (χ4n) is 0.731. The zero-order valence-corrected chi connectivity index (χ0v) is 5.00. The minimum absolute atomic E-state index is 0.377. The minimum Gasteiger partial charge on any atom is -0.382 e. The summed E-state index contributed by atoms with van der Waals surface area (Å²) in [5.74, 6) is 0.377. The lowest BCUT2D eigenvalue weighted by molar-refractivity contribution is 1.21. The second-order valence-corrected chi connectivity index (χ2v) is 1.80. The molecule has 0 aromatic carbocycles. The highest BCUT2D eigenvalue weighted by Crippen LogP contribution is 2.08. The highest BCUT2D eigenvalue weighted by Gasteiger charge is 1.99. The van der Waals surface area contributed by atoms with Gasteiger partial charge in [0.2, 0.25) is 0 Å². The van der Waals surface area contributed by atoms with Crippen LogP contribution in [0.1, 0.15) is 0 Å². The standard InChI is InChI=1S/C5H4N5/c6-4-3-5(9-1-7-3)10-2-8-4/h2H,(H3,6,7,8,9,10). The minimum atomic E-state index is 0.377. The lowest BCUT2D eigenvalue weighted by Gasteiger charge is -1.88. The molecule has 5 heteroatoms. The Balaban J connectivity index is 2.95. The summed E-state index contributed by atoms with van der Waals surface area (Å²) in [6, 6.07) is 0. The Morgan fingerprint density at radius 3 is 3.20 bits per heavy atom. The largest absolute Gasteiger partial charge is 0.382 e. The number of nitrogens with zero attached hydrogens (tertiary/aromatic N) is 3.